The number of sulfonamides is 1. The van der Waals surface area contributed by atoms with Crippen molar-refractivity contribution in [2.45, 2.75) is 18.4 Å². The predicted molar refractivity (Wildman–Crippen MR) is 98.6 cm³/mol. The number of rotatable bonds is 6. The third-order valence-electron chi connectivity index (χ3n) is 3.49. The molecule has 0 aliphatic rings. The van der Waals surface area contributed by atoms with Crippen molar-refractivity contribution < 1.29 is 17.7 Å². The van der Waals surface area contributed by atoms with Crippen LogP contribution in [-0.4, -0.2) is 24.6 Å². The van der Waals surface area contributed by atoms with E-state index in [-0.39, 0.29) is 10.7 Å². The topological polar surface area (TPSA) is 126 Å². The van der Waals surface area contributed by atoms with Gasteiger partial charge in [-0.1, -0.05) is 5.16 Å². The summed E-state index contributed by atoms with van der Waals surface area (Å²) in [6, 6.07) is 10.4. The molecule has 27 heavy (non-hydrogen) atoms. The Labute approximate surface area is 155 Å². The molecule has 3 aromatic rings. The fraction of sp³-hybridized carbons (Fsp3) is 0.118. The quantitative estimate of drug-likeness (QED) is 0.596. The van der Waals surface area contributed by atoms with Crippen LogP contribution in [-0.2, 0) is 16.6 Å². The molecule has 0 saturated heterocycles. The molecule has 0 unspecified atom stereocenters. The second kappa shape index (κ2) is 7.87. The van der Waals surface area contributed by atoms with E-state index in [1.54, 1.807) is 31.5 Å². The molecule has 10 heteroatoms. The van der Waals surface area contributed by atoms with Crippen LogP contribution in [0.1, 0.15) is 11.3 Å². The number of amides is 2. The lowest BCUT2D eigenvalue weighted by Gasteiger charge is -2.09. The van der Waals surface area contributed by atoms with Crippen LogP contribution in [0.3, 0.4) is 0 Å². The Bertz CT molecular complexity index is 1020. The lowest BCUT2D eigenvalue weighted by molar-refractivity contribution is 0.251. The van der Waals surface area contributed by atoms with E-state index in [4.69, 9.17) is 4.52 Å². The molecule has 1 aromatic carbocycles. The smallest absolute Gasteiger partial charge is 0.319 e. The largest absolute Gasteiger partial charge is 0.360 e. The lowest BCUT2D eigenvalue weighted by Crippen LogP contribution is -2.28. The molecule has 0 aliphatic carbocycles. The summed E-state index contributed by atoms with van der Waals surface area (Å²) >= 11 is 0. The third-order valence-corrected chi connectivity index (χ3v) is 4.86. The van der Waals surface area contributed by atoms with E-state index in [0.717, 1.165) is 5.56 Å². The zero-order valence-corrected chi connectivity index (χ0v) is 15.2. The molecule has 0 saturated carbocycles. The van der Waals surface area contributed by atoms with Crippen molar-refractivity contribution in [3.63, 3.8) is 0 Å². The van der Waals surface area contributed by atoms with Gasteiger partial charge in [0.2, 0.25) is 0 Å². The fourth-order valence-electron chi connectivity index (χ4n) is 2.19. The van der Waals surface area contributed by atoms with E-state index < -0.39 is 16.1 Å². The number of carbonyl (C=O) groups excluding carboxylic acids is 1. The highest BCUT2D eigenvalue weighted by Gasteiger charge is 2.16. The summed E-state index contributed by atoms with van der Waals surface area (Å²) in [4.78, 5) is 15.9. The van der Waals surface area contributed by atoms with Crippen molar-refractivity contribution in [3.8, 4) is 0 Å². The number of hydrogen-bond acceptors (Lipinski definition) is 6. The maximum atomic E-state index is 12.3. The Hall–Kier alpha value is -3.40. The van der Waals surface area contributed by atoms with Crippen molar-refractivity contribution in [1.29, 1.82) is 0 Å². The van der Waals surface area contributed by atoms with Gasteiger partial charge in [0.05, 0.1) is 4.90 Å². The summed E-state index contributed by atoms with van der Waals surface area (Å²) in [7, 11) is -3.80. The number of aromatic nitrogens is 2. The number of nitrogens with zero attached hydrogens (tertiary/aromatic N) is 2. The Morgan fingerprint density at radius 1 is 1.11 bits per heavy atom. The summed E-state index contributed by atoms with van der Waals surface area (Å²) < 4.78 is 31.8. The highest BCUT2D eigenvalue weighted by Crippen LogP contribution is 2.18. The molecule has 0 fully saturated rings. The summed E-state index contributed by atoms with van der Waals surface area (Å²) in [6.45, 7) is 2.01. The average Bonchev–Trinajstić information content (AvgIpc) is 3.05. The average molecular weight is 387 g/mol. The van der Waals surface area contributed by atoms with E-state index in [1.165, 1.54) is 30.3 Å². The van der Waals surface area contributed by atoms with Gasteiger partial charge in [-0.2, -0.15) is 0 Å². The maximum Gasteiger partial charge on any atom is 0.319 e. The molecule has 9 nitrogen and oxygen atoms in total. The van der Waals surface area contributed by atoms with E-state index in [1.807, 2.05) is 0 Å². The van der Waals surface area contributed by atoms with E-state index >= 15 is 0 Å². The summed E-state index contributed by atoms with van der Waals surface area (Å²) in [5.74, 6) is 0.593. The standard InChI is InChI=1S/C17H17N5O4S/c1-12-10-16(21-26-12)22-27(24,25)15-4-2-14(3-5-15)20-17(23)19-11-13-6-8-18-9-7-13/h2-10H,11H2,1H3,(H,21,22)(H2,19,20,23). The summed E-state index contributed by atoms with van der Waals surface area (Å²) in [5, 5.41) is 8.93. The number of urea groups is 1. The number of aryl methyl sites for hydroxylation is 1. The SMILES string of the molecule is Cc1cc(NS(=O)(=O)c2ccc(NC(=O)NCc3ccncc3)cc2)no1. The van der Waals surface area contributed by atoms with Crippen LogP contribution in [0, 0.1) is 6.92 Å². The summed E-state index contributed by atoms with van der Waals surface area (Å²) in [5.41, 5.74) is 1.37. The van der Waals surface area contributed by atoms with Crippen LogP contribution in [0.15, 0.2) is 64.3 Å². The first-order valence-electron chi connectivity index (χ1n) is 7.92. The van der Waals surface area contributed by atoms with Gasteiger partial charge in [-0.05, 0) is 48.9 Å². The molecule has 3 N–H and O–H groups in total. The minimum Gasteiger partial charge on any atom is -0.360 e. The summed E-state index contributed by atoms with van der Waals surface area (Å²) in [6.07, 6.45) is 3.28. The van der Waals surface area contributed by atoms with Crippen LogP contribution < -0.4 is 15.4 Å². The molecular weight excluding hydrogens is 370 g/mol. The Morgan fingerprint density at radius 3 is 2.44 bits per heavy atom. The Kier molecular flexibility index (Phi) is 5.36. The second-order valence-electron chi connectivity index (χ2n) is 5.62. The van der Waals surface area contributed by atoms with Gasteiger partial charge >= 0.3 is 6.03 Å². The van der Waals surface area contributed by atoms with Crippen LogP contribution in [0.25, 0.3) is 0 Å². The van der Waals surface area contributed by atoms with Crippen LogP contribution in [0.4, 0.5) is 16.3 Å². The highest BCUT2D eigenvalue weighted by molar-refractivity contribution is 7.92. The molecule has 0 bridgehead atoms. The zero-order chi connectivity index (χ0) is 19.3. The number of nitrogens with one attached hydrogen (secondary N) is 3. The molecule has 140 valence electrons. The van der Waals surface area contributed by atoms with Crippen LogP contribution in [0.2, 0.25) is 0 Å². The van der Waals surface area contributed by atoms with Gasteiger partial charge in [0, 0.05) is 30.7 Å². The van der Waals surface area contributed by atoms with Gasteiger partial charge in [-0.15, -0.1) is 0 Å². The predicted octanol–water partition coefficient (Wildman–Crippen LogP) is 2.50. The lowest BCUT2D eigenvalue weighted by atomic mass is 10.3. The van der Waals surface area contributed by atoms with Gasteiger partial charge < -0.3 is 15.2 Å². The van der Waals surface area contributed by atoms with Gasteiger partial charge in [0.1, 0.15) is 5.76 Å². The molecule has 0 atom stereocenters. The van der Waals surface area contributed by atoms with Gasteiger partial charge in [0.15, 0.2) is 5.82 Å². The Balaban J connectivity index is 1.58. The third kappa shape index (κ3) is 5.05. The number of hydrogen-bond donors (Lipinski definition) is 3. The van der Waals surface area contributed by atoms with Crippen LogP contribution in [0.5, 0.6) is 0 Å². The van der Waals surface area contributed by atoms with E-state index in [2.05, 4.69) is 25.5 Å². The number of anilines is 2. The second-order valence-corrected chi connectivity index (χ2v) is 7.30. The van der Waals surface area contributed by atoms with Gasteiger partial charge in [0.25, 0.3) is 10.0 Å². The minimum atomic E-state index is -3.80. The van der Waals surface area contributed by atoms with Crippen molar-refractivity contribution >= 4 is 27.6 Å². The first-order valence-corrected chi connectivity index (χ1v) is 9.41. The Morgan fingerprint density at radius 2 is 1.81 bits per heavy atom. The number of benzene rings is 1. The number of pyridine rings is 1. The first kappa shape index (κ1) is 18.4. The molecule has 2 aromatic heterocycles. The van der Waals surface area contributed by atoms with E-state index in [9.17, 15) is 13.2 Å². The highest BCUT2D eigenvalue weighted by atomic mass is 32.2. The molecule has 3 rings (SSSR count). The first-order chi connectivity index (χ1) is 12.9. The van der Waals surface area contributed by atoms with Crippen molar-refractivity contribution in [2.24, 2.45) is 0 Å². The van der Waals surface area contributed by atoms with Crippen molar-refractivity contribution in [1.82, 2.24) is 15.5 Å². The molecule has 0 spiro atoms. The molecule has 0 radical (unpaired) electrons. The van der Waals surface area contributed by atoms with E-state index in [0.29, 0.717) is 18.0 Å². The van der Waals surface area contributed by atoms with Crippen molar-refractivity contribution in [3.05, 3.63) is 66.2 Å². The zero-order valence-electron chi connectivity index (χ0n) is 14.3. The van der Waals surface area contributed by atoms with Crippen molar-refractivity contribution in [2.75, 3.05) is 10.0 Å². The normalized spacial score (nSPS) is 11.0. The van der Waals surface area contributed by atoms with Gasteiger partial charge in [-0.25, -0.2) is 13.2 Å². The fourth-order valence-corrected chi connectivity index (χ4v) is 3.17. The molecule has 0 aliphatic heterocycles. The minimum absolute atomic E-state index is 0.0332. The molecular formula is C17H17N5O4S. The molecule has 2 heterocycles. The number of carbonyl (C=O) groups is 1. The van der Waals surface area contributed by atoms with Gasteiger partial charge in [-0.3, -0.25) is 9.71 Å². The monoisotopic (exact) mass is 387 g/mol. The van der Waals surface area contributed by atoms with Crippen LogP contribution >= 0.6 is 0 Å². The molecule has 2 amide bonds. The maximum absolute atomic E-state index is 12.3.